The molecule has 2 rings (SSSR count). The molecule has 1 aliphatic carbocycles. The molecule has 1 saturated carbocycles. The third kappa shape index (κ3) is 5.40. The van der Waals surface area contributed by atoms with Crippen LogP contribution in [0.4, 0.5) is 0 Å². The number of aliphatic hydroxyl groups excluding tert-OH is 1. The molecule has 4 nitrogen and oxygen atoms in total. The van der Waals surface area contributed by atoms with Gasteiger partial charge in [-0.25, -0.2) is 0 Å². The third-order valence-corrected chi connectivity index (χ3v) is 4.14. The van der Waals surface area contributed by atoms with E-state index >= 15 is 0 Å². The zero-order valence-corrected chi connectivity index (χ0v) is 12.7. The molecule has 0 amide bonds. The number of nitrogens with two attached hydrogens (primary N) is 1. The van der Waals surface area contributed by atoms with Crippen LogP contribution in [0.25, 0.3) is 0 Å². The van der Waals surface area contributed by atoms with Gasteiger partial charge in [-0.15, -0.1) is 0 Å². The van der Waals surface area contributed by atoms with Crippen molar-refractivity contribution in [3.05, 3.63) is 35.9 Å². The van der Waals surface area contributed by atoms with Crippen LogP contribution >= 0.6 is 0 Å². The lowest BCUT2D eigenvalue weighted by molar-refractivity contribution is -0.107. The van der Waals surface area contributed by atoms with Crippen molar-refractivity contribution >= 4 is 0 Å². The van der Waals surface area contributed by atoms with Crippen LogP contribution in [0.2, 0.25) is 0 Å². The monoisotopic (exact) mass is 293 g/mol. The van der Waals surface area contributed by atoms with Crippen molar-refractivity contribution in [2.24, 2.45) is 5.73 Å². The van der Waals surface area contributed by atoms with Gasteiger partial charge in [0.05, 0.1) is 25.4 Å². The predicted molar refractivity (Wildman–Crippen MR) is 82.9 cm³/mol. The van der Waals surface area contributed by atoms with E-state index in [4.69, 9.17) is 15.2 Å². The highest BCUT2D eigenvalue weighted by Crippen LogP contribution is 2.30. The minimum absolute atomic E-state index is 0.224. The molecule has 0 bridgehead atoms. The molecular weight excluding hydrogens is 266 g/mol. The molecule has 0 radical (unpaired) electrons. The molecule has 1 aromatic rings. The Labute approximate surface area is 127 Å². The second-order valence-electron chi connectivity index (χ2n) is 5.91. The summed E-state index contributed by atoms with van der Waals surface area (Å²) >= 11 is 0. The van der Waals surface area contributed by atoms with E-state index in [1.807, 2.05) is 30.3 Å². The summed E-state index contributed by atoms with van der Waals surface area (Å²) in [4.78, 5) is 0. The summed E-state index contributed by atoms with van der Waals surface area (Å²) in [5.41, 5.74) is 6.75. The van der Waals surface area contributed by atoms with E-state index in [-0.39, 0.29) is 12.2 Å². The molecule has 1 unspecified atom stereocenters. The fourth-order valence-electron chi connectivity index (χ4n) is 2.81. The molecule has 0 aliphatic heterocycles. The average Bonchev–Trinajstić information content (AvgIpc) is 2.55. The van der Waals surface area contributed by atoms with Gasteiger partial charge in [0.15, 0.2) is 0 Å². The van der Waals surface area contributed by atoms with Crippen molar-refractivity contribution in [1.82, 2.24) is 0 Å². The normalized spacial score (nSPS) is 19.3. The van der Waals surface area contributed by atoms with Gasteiger partial charge < -0.3 is 20.3 Å². The summed E-state index contributed by atoms with van der Waals surface area (Å²) in [6, 6.07) is 9.95. The highest BCUT2D eigenvalue weighted by Gasteiger charge is 2.32. The molecule has 3 N–H and O–H groups in total. The van der Waals surface area contributed by atoms with Gasteiger partial charge in [0, 0.05) is 6.54 Å². The second-order valence-corrected chi connectivity index (χ2v) is 5.91. The molecule has 118 valence electrons. The van der Waals surface area contributed by atoms with Gasteiger partial charge in [-0.3, -0.25) is 0 Å². The fourth-order valence-corrected chi connectivity index (χ4v) is 2.81. The van der Waals surface area contributed by atoms with E-state index in [1.54, 1.807) is 0 Å². The lowest BCUT2D eigenvalue weighted by Gasteiger charge is -2.36. The Morgan fingerprint density at radius 3 is 2.48 bits per heavy atom. The van der Waals surface area contributed by atoms with Crippen molar-refractivity contribution in [2.45, 2.75) is 50.4 Å². The molecule has 21 heavy (non-hydrogen) atoms. The van der Waals surface area contributed by atoms with Crippen LogP contribution in [-0.2, 0) is 16.1 Å². The first-order valence-corrected chi connectivity index (χ1v) is 7.88. The number of ether oxygens (including phenoxy) is 2. The summed E-state index contributed by atoms with van der Waals surface area (Å²) in [5, 5.41) is 9.98. The maximum Gasteiger partial charge on any atom is 0.101 e. The average molecular weight is 293 g/mol. The van der Waals surface area contributed by atoms with Crippen molar-refractivity contribution in [3.8, 4) is 0 Å². The van der Waals surface area contributed by atoms with Crippen LogP contribution in [0.3, 0.4) is 0 Å². The van der Waals surface area contributed by atoms with Gasteiger partial charge >= 0.3 is 0 Å². The number of benzene rings is 1. The highest BCUT2D eigenvalue weighted by atomic mass is 16.5. The van der Waals surface area contributed by atoms with E-state index in [9.17, 15) is 5.11 Å². The van der Waals surface area contributed by atoms with Crippen LogP contribution < -0.4 is 5.73 Å². The van der Waals surface area contributed by atoms with Crippen molar-refractivity contribution in [3.63, 3.8) is 0 Å². The van der Waals surface area contributed by atoms with Gasteiger partial charge in [0.25, 0.3) is 0 Å². The summed E-state index contributed by atoms with van der Waals surface area (Å²) in [7, 11) is 0. The minimum Gasteiger partial charge on any atom is -0.388 e. The van der Waals surface area contributed by atoms with Crippen molar-refractivity contribution < 1.29 is 14.6 Å². The van der Waals surface area contributed by atoms with Crippen LogP contribution in [0, 0.1) is 0 Å². The zero-order chi connectivity index (χ0) is 15.0. The summed E-state index contributed by atoms with van der Waals surface area (Å²) in [6.45, 7) is 1.63. The second kappa shape index (κ2) is 8.49. The van der Waals surface area contributed by atoms with Crippen molar-refractivity contribution in [1.29, 1.82) is 0 Å². The predicted octanol–water partition coefficient (Wildman–Crippen LogP) is 2.24. The molecule has 1 atom stereocenters. The van der Waals surface area contributed by atoms with Gasteiger partial charge in [-0.1, -0.05) is 49.6 Å². The molecule has 0 heterocycles. The number of aliphatic hydroxyl groups is 1. The zero-order valence-electron chi connectivity index (χ0n) is 12.7. The lowest BCUT2D eigenvalue weighted by atomic mass is 9.84. The lowest BCUT2D eigenvalue weighted by Crippen LogP contribution is -2.44. The summed E-state index contributed by atoms with van der Waals surface area (Å²) in [5.74, 6) is 0. The standard InChI is InChI=1S/C17H27NO3/c18-14-17(9-5-2-6-10-17)21-13-16(19)12-20-11-15-7-3-1-4-8-15/h1,3-4,7-8,16,19H,2,5-6,9-14,18H2. The molecular formula is C17H27NO3. The third-order valence-electron chi connectivity index (χ3n) is 4.14. The first-order valence-electron chi connectivity index (χ1n) is 7.88. The smallest absolute Gasteiger partial charge is 0.101 e. The Morgan fingerprint density at radius 1 is 1.10 bits per heavy atom. The first-order chi connectivity index (χ1) is 10.2. The Bertz CT molecular complexity index is 390. The SMILES string of the molecule is NCC1(OCC(O)COCc2ccccc2)CCCCC1. The quantitative estimate of drug-likeness (QED) is 0.771. The Kier molecular flexibility index (Phi) is 6.64. The summed E-state index contributed by atoms with van der Waals surface area (Å²) < 4.78 is 11.5. The topological polar surface area (TPSA) is 64.7 Å². The Balaban J connectivity index is 1.66. The molecule has 1 fully saturated rings. The molecule has 1 aromatic carbocycles. The maximum absolute atomic E-state index is 9.98. The van der Waals surface area contributed by atoms with E-state index in [0.717, 1.165) is 31.2 Å². The molecule has 0 saturated heterocycles. The van der Waals surface area contributed by atoms with E-state index < -0.39 is 6.10 Å². The van der Waals surface area contributed by atoms with Gasteiger partial charge in [-0.2, -0.15) is 0 Å². The molecule has 1 aliphatic rings. The van der Waals surface area contributed by atoms with Crippen LogP contribution in [-0.4, -0.2) is 36.6 Å². The number of hydrogen-bond donors (Lipinski definition) is 2. The molecule has 0 aromatic heterocycles. The van der Waals surface area contributed by atoms with Crippen LogP contribution in [0.1, 0.15) is 37.7 Å². The van der Waals surface area contributed by atoms with Crippen molar-refractivity contribution in [2.75, 3.05) is 19.8 Å². The first kappa shape index (κ1) is 16.4. The molecule has 0 spiro atoms. The van der Waals surface area contributed by atoms with Gasteiger partial charge in [0.2, 0.25) is 0 Å². The fraction of sp³-hybridized carbons (Fsp3) is 0.647. The largest absolute Gasteiger partial charge is 0.388 e. The number of rotatable bonds is 8. The number of hydrogen-bond acceptors (Lipinski definition) is 4. The van der Waals surface area contributed by atoms with E-state index in [2.05, 4.69) is 0 Å². The van der Waals surface area contributed by atoms with Gasteiger partial charge in [-0.05, 0) is 18.4 Å². The summed E-state index contributed by atoms with van der Waals surface area (Å²) in [6.07, 6.45) is 4.99. The highest BCUT2D eigenvalue weighted by molar-refractivity contribution is 5.13. The maximum atomic E-state index is 9.98. The Morgan fingerprint density at radius 2 is 1.81 bits per heavy atom. The minimum atomic E-state index is -0.598. The van der Waals surface area contributed by atoms with E-state index in [1.165, 1.54) is 6.42 Å². The Hall–Kier alpha value is -0.940. The van der Waals surface area contributed by atoms with Crippen LogP contribution in [0.15, 0.2) is 30.3 Å². The van der Waals surface area contributed by atoms with Gasteiger partial charge in [0.1, 0.15) is 6.10 Å². The van der Waals surface area contributed by atoms with E-state index in [0.29, 0.717) is 19.8 Å². The molecule has 4 heteroatoms. The van der Waals surface area contributed by atoms with Crippen LogP contribution in [0.5, 0.6) is 0 Å².